The highest BCUT2D eigenvalue weighted by molar-refractivity contribution is 5.67. The minimum Gasteiger partial charge on any atom is -0.481 e. The van der Waals surface area contributed by atoms with Gasteiger partial charge in [0.25, 0.3) is 0 Å². The van der Waals surface area contributed by atoms with Crippen LogP contribution in [0.4, 0.5) is 0 Å². The number of ether oxygens (including phenoxy) is 1. The van der Waals surface area contributed by atoms with E-state index < -0.39 is 5.97 Å². The summed E-state index contributed by atoms with van der Waals surface area (Å²) >= 11 is 0. The van der Waals surface area contributed by atoms with Crippen molar-refractivity contribution >= 4 is 5.97 Å². The predicted molar refractivity (Wildman–Crippen MR) is 48.7 cm³/mol. The number of hydrogen-bond donors (Lipinski definition) is 2. The molecule has 2 N–H and O–H groups in total. The molecule has 0 aromatic heterocycles. The van der Waals surface area contributed by atoms with Crippen LogP contribution >= 0.6 is 0 Å². The van der Waals surface area contributed by atoms with E-state index in [9.17, 15) is 4.79 Å². The van der Waals surface area contributed by atoms with Crippen LogP contribution in [0, 0.1) is 0 Å². The molecule has 0 saturated carbocycles. The summed E-state index contributed by atoms with van der Waals surface area (Å²) in [4.78, 5) is 10.3. The van der Waals surface area contributed by atoms with Crippen LogP contribution in [-0.2, 0) is 9.53 Å². The van der Waals surface area contributed by atoms with Gasteiger partial charge in [0.15, 0.2) is 0 Å². The Morgan fingerprint density at radius 3 is 3.08 bits per heavy atom. The van der Waals surface area contributed by atoms with E-state index in [-0.39, 0.29) is 18.6 Å². The van der Waals surface area contributed by atoms with E-state index in [2.05, 4.69) is 5.32 Å². The van der Waals surface area contributed by atoms with Gasteiger partial charge in [-0.1, -0.05) is 0 Å². The third-order valence-electron chi connectivity index (χ3n) is 2.20. The van der Waals surface area contributed by atoms with Gasteiger partial charge >= 0.3 is 5.97 Å². The molecule has 0 amide bonds. The van der Waals surface area contributed by atoms with Gasteiger partial charge in [0, 0.05) is 19.2 Å². The zero-order chi connectivity index (χ0) is 9.68. The number of aliphatic carboxylic acids is 1. The number of carbonyl (C=O) groups is 1. The highest BCUT2D eigenvalue weighted by Gasteiger charge is 2.16. The van der Waals surface area contributed by atoms with Gasteiger partial charge in [-0.25, -0.2) is 0 Å². The van der Waals surface area contributed by atoms with Crippen LogP contribution in [0.2, 0.25) is 0 Å². The Morgan fingerprint density at radius 1 is 1.77 bits per heavy atom. The molecule has 1 heterocycles. The van der Waals surface area contributed by atoms with E-state index in [1.807, 2.05) is 6.92 Å². The molecule has 1 fully saturated rings. The third kappa shape index (κ3) is 4.24. The molecule has 0 spiro atoms. The number of carboxylic acid groups (broad SMARTS) is 1. The van der Waals surface area contributed by atoms with Gasteiger partial charge in [-0.05, 0) is 19.8 Å². The van der Waals surface area contributed by atoms with Crippen LogP contribution in [0.5, 0.6) is 0 Å². The van der Waals surface area contributed by atoms with Crippen molar-refractivity contribution in [2.24, 2.45) is 0 Å². The van der Waals surface area contributed by atoms with Crippen LogP contribution in [-0.4, -0.2) is 36.4 Å². The van der Waals surface area contributed by atoms with Gasteiger partial charge < -0.3 is 15.2 Å². The Kier molecular flexibility index (Phi) is 4.18. The van der Waals surface area contributed by atoms with Gasteiger partial charge in [-0.15, -0.1) is 0 Å². The predicted octanol–water partition coefficient (Wildman–Crippen LogP) is 0.618. The maximum absolute atomic E-state index is 10.3. The molecule has 0 aliphatic carbocycles. The molecule has 2 atom stereocenters. The van der Waals surface area contributed by atoms with Crippen molar-refractivity contribution in [3.05, 3.63) is 0 Å². The zero-order valence-electron chi connectivity index (χ0n) is 7.95. The van der Waals surface area contributed by atoms with Gasteiger partial charge in [0.05, 0.1) is 12.5 Å². The molecule has 1 rings (SSSR count). The van der Waals surface area contributed by atoms with Crippen LogP contribution in [0.1, 0.15) is 26.2 Å². The van der Waals surface area contributed by atoms with Gasteiger partial charge in [0.2, 0.25) is 0 Å². The van der Waals surface area contributed by atoms with Crippen LogP contribution in [0.25, 0.3) is 0 Å². The van der Waals surface area contributed by atoms with Crippen LogP contribution in [0.15, 0.2) is 0 Å². The van der Waals surface area contributed by atoms with Crippen molar-refractivity contribution in [3.8, 4) is 0 Å². The van der Waals surface area contributed by atoms with E-state index >= 15 is 0 Å². The van der Waals surface area contributed by atoms with Crippen molar-refractivity contribution < 1.29 is 14.6 Å². The number of nitrogens with one attached hydrogen (secondary N) is 1. The summed E-state index contributed by atoms with van der Waals surface area (Å²) < 4.78 is 5.40. The maximum Gasteiger partial charge on any atom is 0.304 e. The van der Waals surface area contributed by atoms with Crippen molar-refractivity contribution in [1.82, 2.24) is 5.32 Å². The van der Waals surface area contributed by atoms with Crippen LogP contribution < -0.4 is 5.32 Å². The maximum atomic E-state index is 10.3. The second-order valence-corrected chi connectivity index (χ2v) is 3.54. The lowest BCUT2D eigenvalue weighted by atomic mass is 10.2. The molecular weight excluding hydrogens is 170 g/mol. The van der Waals surface area contributed by atoms with E-state index in [0.717, 1.165) is 26.0 Å². The quantitative estimate of drug-likeness (QED) is 0.662. The Bertz CT molecular complexity index is 166. The molecule has 4 heteroatoms. The number of carboxylic acids is 1. The largest absolute Gasteiger partial charge is 0.481 e. The lowest BCUT2D eigenvalue weighted by Crippen LogP contribution is -2.34. The average Bonchev–Trinajstić information content (AvgIpc) is 2.51. The fraction of sp³-hybridized carbons (Fsp3) is 0.889. The summed E-state index contributed by atoms with van der Waals surface area (Å²) in [7, 11) is 0. The second kappa shape index (κ2) is 5.19. The molecule has 0 bridgehead atoms. The first-order valence-corrected chi connectivity index (χ1v) is 4.75. The molecular formula is C9H17NO3. The molecule has 76 valence electrons. The topological polar surface area (TPSA) is 58.6 Å². The highest BCUT2D eigenvalue weighted by atomic mass is 16.5. The van der Waals surface area contributed by atoms with Gasteiger partial charge in [-0.3, -0.25) is 4.79 Å². The van der Waals surface area contributed by atoms with Gasteiger partial charge in [-0.2, -0.15) is 0 Å². The summed E-state index contributed by atoms with van der Waals surface area (Å²) in [5.41, 5.74) is 0. The molecule has 1 saturated heterocycles. The van der Waals surface area contributed by atoms with Crippen molar-refractivity contribution in [2.45, 2.75) is 38.3 Å². The molecule has 0 aromatic carbocycles. The first-order valence-electron chi connectivity index (χ1n) is 4.75. The van der Waals surface area contributed by atoms with Gasteiger partial charge in [0.1, 0.15) is 0 Å². The molecule has 0 radical (unpaired) electrons. The smallest absolute Gasteiger partial charge is 0.304 e. The normalized spacial score (nSPS) is 24.5. The molecule has 4 nitrogen and oxygen atoms in total. The van der Waals surface area contributed by atoms with E-state index in [4.69, 9.17) is 9.84 Å². The van der Waals surface area contributed by atoms with Crippen molar-refractivity contribution in [3.63, 3.8) is 0 Å². The summed E-state index contributed by atoms with van der Waals surface area (Å²) in [5, 5.41) is 11.7. The molecule has 1 aliphatic rings. The Labute approximate surface area is 78.3 Å². The average molecular weight is 187 g/mol. The van der Waals surface area contributed by atoms with Crippen LogP contribution in [0.3, 0.4) is 0 Å². The zero-order valence-corrected chi connectivity index (χ0v) is 7.95. The number of rotatable bonds is 5. The molecule has 0 aromatic rings. The van der Waals surface area contributed by atoms with Crippen molar-refractivity contribution in [1.29, 1.82) is 0 Å². The minimum absolute atomic E-state index is 0.0294. The first kappa shape index (κ1) is 10.5. The standard InChI is InChI=1S/C9H17NO3/c1-7(5-9(11)12)10-6-8-3-2-4-13-8/h7-8,10H,2-6H2,1H3,(H,11,12). The summed E-state index contributed by atoms with van der Waals surface area (Å²) in [6.07, 6.45) is 2.68. The van der Waals surface area contributed by atoms with E-state index in [0.29, 0.717) is 0 Å². The second-order valence-electron chi connectivity index (χ2n) is 3.54. The summed E-state index contributed by atoms with van der Waals surface area (Å²) in [6.45, 7) is 3.50. The Morgan fingerprint density at radius 2 is 2.54 bits per heavy atom. The summed E-state index contributed by atoms with van der Waals surface area (Å²) in [6, 6.07) is 0.0294. The highest BCUT2D eigenvalue weighted by Crippen LogP contribution is 2.10. The number of hydrogen-bond acceptors (Lipinski definition) is 3. The molecule has 2 unspecified atom stereocenters. The minimum atomic E-state index is -0.757. The fourth-order valence-electron chi connectivity index (χ4n) is 1.47. The summed E-state index contributed by atoms with van der Waals surface area (Å²) in [5.74, 6) is -0.757. The first-order chi connectivity index (χ1) is 6.18. The van der Waals surface area contributed by atoms with Crippen molar-refractivity contribution in [2.75, 3.05) is 13.2 Å². The molecule has 1 aliphatic heterocycles. The lowest BCUT2D eigenvalue weighted by Gasteiger charge is -2.14. The third-order valence-corrected chi connectivity index (χ3v) is 2.20. The fourth-order valence-corrected chi connectivity index (χ4v) is 1.47. The monoisotopic (exact) mass is 187 g/mol. The molecule has 13 heavy (non-hydrogen) atoms. The Hall–Kier alpha value is -0.610. The lowest BCUT2D eigenvalue weighted by molar-refractivity contribution is -0.137. The van der Waals surface area contributed by atoms with E-state index in [1.165, 1.54) is 0 Å². The SMILES string of the molecule is CC(CC(=O)O)NCC1CCCO1. The van der Waals surface area contributed by atoms with E-state index in [1.54, 1.807) is 0 Å². The Balaban J connectivity index is 2.06.